The maximum atomic E-state index is 11.1. The summed E-state index contributed by atoms with van der Waals surface area (Å²) in [5, 5.41) is 3.00. The van der Waals surface area contributed by atoms with E-state index in [9.17, 15) is 4.79 Å². The number of carbonyl (C=O) groups excluding carboxylic acids is 1. The second kappa shape index (κ2) is 7.55. The Morgan fingerprint density at radius 2 is 1.94 bits per heavy atom. The average molecular weight is 253 g/mol. The van der Waals surface area contributed by atoms with Gasteiger partial charge in [0.15, 0.2) is 11.5 Å². The van der Waals surface area contributed by atoms with Crippen molar-refractivity contribution in [1.82, 2.24) is 5.32 Å². The van der Waals surface area contributed by atoms with E-state index in [0.29, 0.717) is 24.7 Å². The van der Waals surface area contributed by atoms with Gasteiger partial charge in [-0.15, -0.1) is 0 Å². The molecule has 0 unspecified atom stereocenters. The molecule has 1 rings (SSSR count). The third kappa shape index (κ3) is 4.25. The number of carbonyl (C=O) groups is 1. The van der Waals surface area contributed by atoms with Crippen molar-refractivity contribution in [2.24, 2.45) is 0 Å². The molecule has 1 aromatic rings. The zero-order valence-corrected chi connectivity index (χ0v) is 11.0. The molecule has 0 spiro atoms. The Hall–Kier alpha value is -1.75. The van der Waals surface area contributed by atoms with Crippen LogP contribution in [-0.2, 0) is 16.1 Å². The average Bonchev–Trinajstić information content (AvgIpc) is 2.38. The lowest BCUT2D eigenvalue weighted by Gasteiger charge is -2.10. The van der Waals surface area contributed by atoms with Crippen molar-refractivity contribution in [3.63, 3.8) is 0 Å². The first kappa shape index (κ1) is 14.3. The molecule has 0 aliphatic rings. The fourth-order valence-corrected chi connectivity index (χ4v) is 1.51. The molecule has 100 valence electrons. The molecular weight excluding hydrogens is 234 g/mol. The minimum absolute atomic E-state index is 0.197. The van der Waals surface area contributed by atoms with Crippen molar-refractivity contribution in [1.29, 1.82) is 0 Å². The molecule has 18 heavy (non-hydrogen) atoms. The van der Waals surface area contributed by atoms with E-state index in [0.717, 1.165) is 5.56 Å². The van der Waals surface area contributed by atoms with Crippen LogP contribution in [0.15, 0.2) is 18.2 Å². The topological polar surface area (TPSA) is 56.8 Å². The van der Waals surface area contributed by atoms with Gasteiger partial charge in [0, 0.05) is 6.54 Å². The summed E-state index contributed by atoms with van der Waals surface area (Å²) >= 11 is 0. The van der Waals surface area contributed by atoms with Gasteiger partial charge in [-0.3, -0.25) is 4.79 Å². The van der Waals surface area contributed by atoms with E-state index in [1.165, 1.54) is 0 Å². The van der Waals surface area contributed by atoms with Crippen molar-refractivity contribution >= 4 is 5.97 Å². The predicted molar refractivity (Wildman–Crippen MR) is 67.9 cm³/mol. The lowest BCUT2D eigenvalue weighted by molar-refractivity contribution is -0.142. The number of ether oxygens (including phenoxy) is 3. The molecule has 0 bridgehead atoms. The van der Waals surface area contributed by atoms with Crippen LogP contribution >= 0.6 is 0 Å². The zero-order chi connectivity index (χ0) is 13.4. The molecule has 1 N–H and O–H groups in total. The number of nitrogens with one attached hydrogen (secondary N) is 1. The van der Waals surface area contributed by atoms with E-state index in [2.05, 4.69) is 5.32 Å². The highest BCUT2D eigenvalue weighted by Crippen LogP contribution is 2.27. The molecule has 0 amide bonds. The van der Waals surface area contributed by atoms with Crippen LogP contribution in [0.25, 0.3) is 0 Å². The number of esters is 1. The number of rotatable bonds is 7. The molecule has 0 aliphatic heterocycles. The summed E-state index contributed by atoms with van der Waals surface area (Å²) in [5.74, 6) is 1.11. The van der Waals surface area contributed by atoms with Crippen LogP contribution in [0, 0.1) is 0 Å². The zero-order valence-electron chi connectivity index (χ0n) is 11.0. The van der Waals surface area contributed by atoms with E-state index < -0.39 is 0 Å². The van der Waals surface area contributed by atoms with E-state index in [-0.39, 0.29) is 12.5 Å². The van der Waals surface area contributed by atoms with Crippen molar-refractivity contribution < 1.29 is 19.0 Å². The first-order valence-electron chi connectivity index (χ1n) is 5.78. The molecule has 0 heterocycles. The van der Waals surface area contributed by atoms with Gasteiger partial charge in [0.25, 0.3) is 0 Å². The molecule has 0 radical (unpaired) electrons. The largest absolute Gasteiger partial charge is 0.493 e. The van der Waals surface area contributed by atoms with E-state index >= 15 is 0 Å². The van der Waals surface area contributed by atoms with Crippen molar-refractivity contribution in [3.8, 4) is 11.5 Å². The summed E-state index contributed by atoms with van der Waals surface area (Å²) in [6.45, 7) is 2.95. The van der Waals surface area contributed by atoms with Gasteiger partial charge < -0.3 is 19.5 Å². The Balaban J connectivity index is 2.50. The SMILES string of the molecule is CCOC(=O)CNCc1ccc(OC)c(OC)c1. The van der Waals surface area contributed by atoms with E-state index in [1.807, 2.05) is 18.2 Å². The molecule has 0 aliphatic carbocycles. The second-order valence-corrected chi connectivity index (χ2v) is 3.60. The van der Waals surface area contributed by atoms with Gasteiger partial charge in [0.1, 0.15) is 0 Å². The third-order valence-corrected chi connectivity index (χ3v) is 2.35. The lowest BCUT2D eigenvalue weighted by Crippen LogP contribution is -2.24. The van der Waals surface area contributed by atoms with Gasteiger partial charge in [0.2, 0.25) is 0 Å². The second-order valence-electron chi connectivity index (χ2n) is 3.60. The summed E-state index contributed by atoms with van der Waals surface area (Å²) in [7, 11) is 3.18. The van der Waals surface area contributed by atoms with Crippen LogP contribution in [0.5, 0.6) is 11.5 Å². The molecule has 0 saturated carbocycles. The molecule has 5 heteroatoms. The Morgan fingerprint density at radius 3 is 2.56 bits per heavy atom. The van der Waals surface area contributed by atoms with Crippen LogP contribution in [0.1, 0.15) is 12.5 Å². The first-order valence-corrected chi connectivity index (χ1v) is 5.78. The highest BCUT2D eigenvalue weighted by atomic mass is 16.5. The Labute approximate surface area is 107 Å². The van der Waals surface area contributed by atoms with Crippen molar-refractivity contribution in [2.45, 2.75) is 13.5 Å². The lowest BCUT2D eigenvalue weighted by atomic mass is 10.2. The van der Waals surface area contributed by atoms with Gasteiger partial charge in [-0.25, -0.2) is 0 Å². The van der Waals surface area contributed by atoms with Gasteiger partial charge in [0.05, 0.1) is 27.4 Å². The smallest absolute Gasteiger partial charge is 0.319 e. The molecule has 0 atom stereocenters. The van der Waals surface area contributed by atoms with Gasteiger partial charge in [-0.1, -0.05) is 6.07 Å². The maximum absolute atomic E-state index is 11.1. The number of hydrogen-bond donors (Lipinski definition) is 1. The highest BCUT2D eigenvalue weighted by Gasteiger charge is 2.05. The molecule has 0 fully saturated rings. The quantitative estimate of drug-likeness (QED) is 0.743. The Kier molecular flexibility index (Phi) is 6.00. The van der Waals surface area contributed by atoms with Gasteiger partial charge in [-0.2, -0.15) is 0 Å². The minimum atomic E-state index is -0.252. The van der Waals surface area contributed by atoms with E-state index in [1.54, 1.807) is 21.1 Å². The Bertz CT molecular complexity index is 393. The maximum Gasteiger partial charge on any atom is 0.319 e. The summed E-state index contributed by atoms with van der Waals surface area (Å²) < 4.78 is 15.2. The Morgan fingerprint density at radius 1 is 1.22 bits per heavy atom. The predicted octanol–water partition coefficient (Wildman–Crippen LogP) is 1.36. The van der Waals surface area contributed by atoms with Crippen molar-refractivity contribution in [3.05, 3.63) is 23.8 Å². The fraction of sp³-hybridized carbons (Fsp3) is 0.462. The monoisotopic (exact) mass is 253 g/mol. The molecule has 5 nitrogen and oxygen atoms in total. The van der Waals surface area contributed by atoms with Gasteiger partial charge >= 0.3 is 5.97 Å². The summed E-state index contributed by atoms with van der Waals surface area (Å²) in [5.41, 5.74) is 1.01. The summed E-state index contributed by atoms with van der Waals surface area (Å²) in [6.07, 6.45) is 0. The fourth-order valence-electron chi connectivity index (χ4n) is 1.51. The van der Waals surface area contributed by atoms with Gasteiger partial charge in [-0.05, 0) is 24.6 Å². The molecule has 1 aromatic carbocycles. The van der Waals surface area contributed by atoms with Crippen LogP contribution in [0.4, 0.5) is 0 Å². The molecule has 0 saturated heterocycles. The number of hydrogen-bond acceptors (Lipinski definition) is 5. The number of methoxy groups -OCH3 is 2. The van der Waals surface area contributed by atoms with Crippen LogP contribution < -0.4 is 14.8 Å². The van der Waals surface area contributed by atoms with Crippen molar-refractivity contribution in [2.75, 3.05) is 27.4 Å². The summed E-state index contributed by atoms with van der Waals surface area (Å²) in [6, 6.07) is 5.62. The molecular formula is C13H19NO4. The highest BCUT2D eigenvalue weighted by molar-refractivity contribution is 5.71. The third-order valence-electron chi connectivity index (χ3n) is 2.35. The van der Waals surface area contributed by atoms with Crippen LogP contribution in [-0.4, -0.2) is 33.3 Å². The summed E-state index contributed by atoms with van der Waals surface area (Å²) in [4.78, 5) is 11.1. The molecule has 0 aromatic heterocycles. The van der Waals surface area contributed by atoms with Crippen LogP contribution in [0.3, 0.4) is 0 Å². The van der Waals surface area contributed by atoms with E-state index in [4.69, 9.17) is 14.2 Å². The standard InChI is InChI=1S/C13H19NO4/c1-4-18-13(15)9-14-8-10-5-6-11(16-2)12(7-10)17-3/h5-7,14H,4,8-9H2,1-3H3. The normalized spacial score (nSPS) is 9.94. The van der Waals surface area contributed by atoms with Crippen LogP contribution in [0.2, 0.25) is 0 Å². The number of benzene rings is 1. The first-order chi connectivity index (χ1) is 8.71. The minimum Gasteiger partial charge on any atom is -0.493 e.